The third-order valence-corrected chi connectivity index (χ3v) is 2.68. The molecule has 0 saturated carbocycles. The minimum absolute atomic E-state index is 0.110. The highest BCUT2D eigenvalue weighted by Crippen LogP contribution is 2.18. The van der Waals surface area contributed by atoms with Crippen molar-refractivity contribution < 1.29 is 13.0 Å². The van der Waals surface area contributed by atoms with E-state index in [1.54, 1.807) is 7.05 Å². The Kier molecular flexibility index (Phi) is 3.10. The molecular formula is C8H12N2O3S. The summed E-state index contributed by atoms with van der Waals surface area (Å²) >= 11 is 0. The second-order valence-corrected chi connectivity index (χ2v) is 4.26. The third-order valence-electron chi connectivity index (χ3n) is 1.73. The van der Waals surface area contributed by atoms with E-state index >= 15 is 0 Å². The molecule has 0 bridgehead atoms. The van der Waals surface area contributed by atoms with Crippen LogP contribution in [0.25, 0.3) is 0 Å². The quantitative estimate of drug-likeness (QED) is 0.497. The topological polar surface area (TPSA) is 92.4 Å². The lowest BCUT2D eigenvalue weighted by atomic mass is 10.2. The largest absolute Gasteiger partial charge is 0.399 e. The van der Waals surface area contributed by atoms with Crippen LogP contribution < -0.4 is 11.1 Å². The van der Waals surface area contributed by atoms with Gasteiger partial charge in [-0.15, -0.1) is 0 Å². The summed E-state index contributed by atoms with van der Waals surface area (Å²) in [5.74, 6) is 0. The molecule has 0 saturated heterocycles. The first kappa shape index (κ1) is 11.0. The summed E-state index contributed by atoms with van der Waals surface area (Å²) < 4.78 is 30.7. The fraction of sp³-hybridized carbons (Fsp3) is 0.250. The average Bonchev–Trinajstić information content (AvgIpc) is 2.02. The van der Waals surface area contributed by atoms with E-state index in [1.165, 1.54) is 18.2 Å². The van der Waals surface area contributed by atoms with Gasteiger partial charge in [0, 0.05) is 12.2 Å². The zero-order valence-corrected chi connectivity index (χ0v) is 8.50. The van der Waals surface area contributed by atoms with Gasteiger partial charge in [0.15, 0.2) is 0 Å². The molecule has 0 spiro atoms. The number of nitrogens with two attached hydrogens (primary N) is 1. The van der Waals surface area contributed by atoms with Gasteiger partial charge in [0.05, 0.1) is 4.90 Å². The Morgan fingerprint density at radius 2 is 2.14 bits per heavy atom. The number of nitrogen functional groups attached to an aromatic ring is 1. The maximum absolute atomic E-state index is 10.9. The van der Waals surface area contributed by atoms with Crippen molar-refractivity contribution in [2.45, 2.75) is 11.4 Å². The smallest absolute Gasteiger partial charge is 0.294 e. The summed E-state index contributed by atoms with van der Waals surface area (Å²) in [6, 6.07) is 4.24. The predicted molar refractivity (Wildman–Crippen MR) is 53.4 cm³/mol. The van der Waals surface area contributed by atoms with Gasteiger partial charge in [-0.05, 0) is 30.8 Å². The van der Waals surface area contributed by atoms with E-state index in [1.807, 2.05) is 0 Å². The average molecular weight is 216 g/mol. The monoisotopic (exact) mass is 216 g/mol. The highest BCUT2D eigenvalue weighted by atomic mass is 32.2. The molecule has 5 nitrogen and oxygen atoms in total. The number of benzene rings is 1. The molecule has 0 aromatic heterocycles. The lowest BCUT2D eigenvalue weighted by Crippen LogP contribution is -2.11. The summed E-state index contributed by atoms with van der Waals surface area (Å²) in [5, 5.41) is 2.79. The van der Waals surface area contributed by atoms with Crippen molar-refractivity contribution in [3.63, 3.8) is 0 Å². The summed E-state index contributed by atoms with van der Waals surface area (Å²) in [6.45, 7) is 0.333. The molecule has 1 aromatic carbocycles. The molecule has 1 rings (SSSR count). The first-order chi connectivity index (χ1) is 6.45. The number of rotatable bonds is 3. The van der Waals surface area contributed by atoms with E-state index in [4.69, 9.17) is 10.3 Å². The summed E-state index contributed by atoms with van der Waals surface area (Å²) in [6.07, 6.45) is 0. The number of anilines is 1. The number of hydrogen-bond acceptors (Lipinski definition) is 4. The highest BCUT2D eigenvalue weighted by Gasteiger charge is 2.14. The Labute approximate surface area is 82.7 Å². The van der Waals surface area contributed by atoms with Crippen molar-refractivity contribution in [1.82, 2.24) is 5.32 Å². The highest BCUT2D eigenvalue weighted by molar-refractivity contribution is 7.85. The molecule has 0 amide bonds. The molecular weight excluding hydrogens is 204 g/mol. The van der Waals surface area contributed by atoms with Crippen molar-refractivity contribution in [3.05, 3.63) is 23.8 Å². The van der Waals surface area contributed by atoms with Gasteiger partial charge >= 0.3 is 0 Å². The van der Waals surface area contributed by atoms with Gasteiger partial charge in [-0.25, -0.2) is 0 Å². The fourth-order valence-corrected chi connectivity index (χ4v) is 1.88. The summed E-state index contributed by atoms with van der Waals surface area (Å²) in [4.78, 5) is -0.110. The van der Waals surface area contributed by atoms with Crippen molar-refractivity contribution >= 4 is 15.8 Å². The molecule has 0 aliphatic rings. The molecule has 0 fully saturated rings. The van der Waals surface area contributed by atoms with Gasteiger partial charge < -0.3 is 11.1 Å². The molecule has 78 valence electrons. The van der Waals surface area contributed by atoms with E-state index in [0.29, 0.717) is 17.8 Å². The Balaban J connectivity index is 3.29. The Hall–Kier alpha value is -1.11. The maximum Gasteiger partial charge on any atom is 0.294 e. The van der Waals surface area contributed by atoms with Crippen molar-refractivity contribution in [2.75, 3.05) is 12.8 Å². The van der Waals surface area contributed by atoms with Crippen LogP contribution in [0, 0.1) is 0 Å². The first-order valence-electron chi connectivity index (χ1n) is 3.95. The molecule has 0 unspecified atom stereocenters. The molecule has 4 N–H and O–H groups in total. The Morgan fingerprint density at radius 3 is 2.64 bits per heavy atom. The number of hydrogen-bond donors (Lipinski definition) is 3. The van der Waals surface area contributed by atoms with Gasteiger partial charge in [0.1, 0.15) is 0 Å². The van der Waals surface area contributed by atoms with Crippen LogP contribution >= 0.6 is 0 Å². The molecule has 0 radical (unpaired) electrons. The SMILES string of the molecule is CNCc1cc(N)ccc1S(=O)(=O)O. The lowest BCUT2D eigenvalue weighted by Gasteiger charge is -2.07. The predicted octanol–water partition coefficient (Wildman–Crippen LogP) is 0.235. The molecule has 0 aliphatic carbocycles. The second kappa shape index (κ2) is 3.95. The van der Waals surface area contributed by atoms with Gasteiger partial charge in [-0.2, -0.15) is 8.42 Å². The van der Waals surface area contributed by atoms with Gasteiger partial charge in [0.2, 0.25) is 0 Å². The lowest BCUT2D eigenvalue weighted by molar-refractivity contribution is 0.481. The Morgan fingerprint density at radius 1 is 1.50 bits per heavy atom. The molecule has 0 heterocycles. The van der Waals surface area contributed by atoms with Crippen LogP contribution in [0.1, 0.15) is 5.56 Å². The second-order valence-electron chi connectivity index (χ2n) is 2.87. The van der Waals surface area contributed by atoms with Gasteiger partial charge in [-0.3, -0.25) is 4.55 Å². The zero-order valence-electron chi connectivity index (χ0n) is 7.69. The van der Waals surface area contributed by atoms with Crippen LogP contribution in [0.15, 0.2) is 23.1 Å². The summed E-state index contributed by atoms with van der Waals surface area (Å²) in [5.41, 5.74) is 6.41. The van der Waals surface area contributed by atoms with Crippen molar-refractivity contribution in [3.8, 4) is 0 Å². The van der Waals surface area contributed by atoms with E-state index in [9.17, 15) is 8.42 Å². The molecule has 0 atom stereocenters. The van der Waals surface area contributed by atoms with E-state index < -0.39 is 10.1 Å². The van der Waals surface area contributed by atoms with Gasteiger partial charge in [-0.1, -0.05) is 0 Å². The van der Waals surface area contributed by atoms with E-state index in [2.05, 4.69) is 5.32 Å². The summed E-state index contributed by atoms with van der Waals surface area (Å²) in [7, 11) is -2.49. The third kappa shape index (κ3) is 2.44. The minimum Gasteiger partial charge on any atom is -0.399 e. The van der Waals surface area contributed by atoms with Crippen molar-refractivity contribution in [1.29, 1.82) is 0 Å². The standard InChI is InChI=1S/C8H12N2O3S/c1-10-5-6-4-7(9)2-3-8(6)14(11,12)13/h2-4,10H,5,9H2,1H3,(H,11,12,13). The van der Waals surface area contributed by atoms with E-state index in [-0.39, 0.29) is 4.90 Å². The normalized spacial score (nSPS) is 11.6. The number of nitrogens with one attached hydrogen (secondary N) is 1. The van der Waals surface area contributed by atoms with Crippen LogP contribution in [-0.2, 0) is 16.7 Å². The van der Waals surface area contributed by atoms with Crippen LogP contribution in [-0.4, -0.2) is 20.0 Å². The van der Waals surface area contributed by atoms with Crippen molar-refractivity contribution in [2.24, 2.45) is 0 Å². The first-order valence-corrected chi connectivity index (χ1v) is 5.39. The molecule has 0 aliphatic heterocycles. The van der Waals surface area contributed by atoms with Crippen LogP contribution in [0.4, 0.5) is 5.69 Å². The van der Waals surface area contributed by atoms with Crippen LogP contribution in [0.3, 0.4) is 0 Å². The fourth-order valence-electron chi connectivity index (χ4n) is 1.18. The zero-order chi connectivity index (χ0) is 10.8. The molecule has 1 aromatic rings. The molecule has 14 heavy (non-hydrogen) atoms. The Bertz CT molecular complexity index is 428. The maximum atomic E-state index is 10.9. The molecule has 6 heteroatoms. The van der Waals surface area contributed by atoms with Crippen LogP contribution in [0.5, 0.6) is 0 Å². The van der Waals surface area contributed by atoms with Gasteiger partial charge in [0.25, 0.3) is 10.1 Å². The van der Waals surface area contributed by atoms with Crippen LogP contribution in [0.2, 0.25) is 0 Å². The van der Waals surface area contributed by atoms with E-state index in [0.717, 1.165) is 0 Å². The minimum atomic E-state index is -4.17.